The third kappa shape index (κ3) is 4.06. The lowest BCUT2D eigenvalue weighted by atomic mass is 9.91. The molecule has 1 fully saturated rings. The number of fused-ring (bicyclic) bond motifs is 1. The highest BCUT2D eigenvalue weighted by atomic mass is 19.1. The minimum atomic E-state index is -0.294. The van der Waals surface area contributed by atoms with E-state index in [2.05, 4.69) is 15.4 Å². The monoisotopic (exact) mass is 369 g/mol. The van der Waals surface area contributed by atoms with Gasteiger partial charge < -0.3 is 19.8 Å². The molecule has 4 rings (SSSR count). The van der Waals surface area contributed by atoms with Crippen molar-refractivity contribution in [2.75, 3.05) is 31.5 Å². The van der Waals surface area contributed by atoms with Crippen LogP contribution in [-0.2, 0) is 0 Å². The Hall–Kier alpha value is -2.60. The van der Waals surface area contributed by atoms with Gasteiger partial charge >= 0.3 is 0 Å². The molecule has 0 amide bonds. The highest BCUT2D eigenvalue weighted by Gasteiger charge is 2.24. The predicted molar refractivity (Wildman–Crippen MR) is 104 cm³/mol. The fraction of sp³-hybridized carbons (Fsp3) is 0.381. The van der Waals surface area contributed by atoms with Crippen molar-refractivity contribution in [2.24, 2.45) is 0 Å². The van der Waals surface area contributed by atoms with E-state index in [9.17, 15) is 9.50 Å². The average Bonchev–Trinajstić information content (AvgIpc) is 3.10. The molecule has 0 radical (unpaired) electrons. The van der Waals surface area contributed by atoms with Crippen LogP contribution >= 0.6 is 0 Å². The van der Waals surface area contributed by atoms with Crippen molar-refractivity contribution in [1.82, 2.24) is 10.1 Å². The second kappa shape index (κ2) is 7.96. The number of hydrogen-bond acceptors (Lipinski definition) is 5. The zero-order valence-corrected chi connectivity index (χ0v) is 15.2. The number of nitrogens with one attached hydrogen (secondary N) is 1. The molecule has 2 N–H and O–H groups in total. The number of aromatic nitrogens is 1. The third-order valence-electron chi connectivity index (χ3n) is 5.31. The van der Waals surface area contributed by atoms with Crippen LogP contribution in [0.1, 0.15) is 30.9 Å². The van der Waals surface area contributed by atoms with Crippen molar-refractivity contribution in [1.29, 1.82) is 0 Å². The number of likely N-dealkylation sites (tertiary alicyclic amines) is 1. The summed E-state index contributed by atoms with van der Waals surface area (Å²) in [6.45, 7) is 3.91. The van der Waals surface area contributed by atoms with E-state index in [1.165, 1.54) is 12.1 Å². The summed E-state index contributed by atoms with van der Waals surface area (Å²) in [4.78, 5) is 2.46. The number of phenolic OH excluding ortho intramolecular Hbond substituents is 1. The molecular weight excluding hydrogens is 345 g/mol. The molecule has 0 aliphatic carbocycles. The van der Waals surface area contributed by atoms with Gasteiger partial charge in [0, 0.05) is 23.9 Å². The van der Waals surface area contributed by atoms with Gasteiger partial charge in [-0.05, 0) is 63.2 Å². The first-order valence-corrected chi connectivity index (χ1v) is 9.50. The van der Waals surface area contributed by atoms with Gasteiger partial charge in [-0.25, -0.2) is 4.39 Å². The molecule has 5 nitrogen and oxygen atoms in total. The van der Waals surface area contributed by atoms with Gasteiger partial charge in [-0.3, -0.25) is 0 Å². The lowest BCUT2D eigenvalue weighted by molar-refractivity contribution is 0.209. The predicted octanol–water partition coefficient (Wildman–Crippen LogP) is 4.35. The number of nitrogens with zero attached hydrogens (tertiary/aromatic N) is 2. The molecule has 0 unspecified atom stereocenters. The maximum Gasteiger partial charge on any atom is 0.170 e. The van der Waals surface area contributed by atoms with Crippen LogP contribution in [0.25, 0.3) is 11.0 Å². The molecule has 1 aliphatic heterocycles. The number of aromatic hydroxyl groups is 1. The fourth-order valence-corrected chi connectivity index (χ4v) is 3.80. The molecule has 1 aromatic heterocycles. The summed E-state index contributed by atoms with van der Waals surface area (Å²) in [5.41, 5.74) is 2.28. The maximum absolute atomic E-state index is 13.3. The molecule has 0 saturated carbocycles. The van der Waals surface area contributed by atoms with Crippen LogP contribution in [0.4, 0.5) is 10.1 Å². The lowest BCUT2D eigenvalue weighted by Gasteiger charge is -2.31. The third-order valence-corrected chi connectivity index (χ3v) is 5.31. The van der Waals surface area contributed by atoms with Gasteiger partial charge in [0.1, 0.15) is 11.6 Å². The fourth-order valence-electron chi connectivity index (χ4n) is 3.80. The molecule has 1 saturated heterocycles. The molecule has 0 atom stereocenters. The van der Waals surface area contributed by atoms with Crippen LogP contribution in [0.5, 0.6) is 5.75 Å². The minimum absolute atomic E-state index is 0.290. The first-order valence-electron chi connectivity index (χ1n) is 9.50. The Kier molecular flexibility index (Phi) is 5.25. The van der Waals surface area contributed by atoms with Crippen LogP contribution in [-0.4, -0.2) is 41.3 Å². The van der Waals surface area contributed by atoms with Gasteiger partial charge in [0.25, 0.3) is 0 Å². The number of piperidine rings is 1. The zero-order valence-electron chi connectivity index (χ0n) is 15.2. The average molecular weight is 369 g/mol. The Balaban J connectivity index is 1.25. The van der Waals surface area contributed by atoms with Gasteiger partial charge in [-0.1, -0.05) is 17.3 Å². The number of phenols is 1. The number of hydrogen-bond donors (Lipinski definition) is 2. The van der Waals surface area contributed by atoms with E-state index in [0.717, 1.165) is 62.2 Å². The number of anilines is 1. The van der Waals surface area contributed by atoms with Crippen molar-refractivity contribution >= 4 is 16.7 Å². The number of halogens is 1. The lowest BCUT2D eigenvalue weighted by Crippen LogP contribution is -2.34. The SMILES string of the molecule is Oc1ccccc1NCCCN1CCC(c2noc3cc(F)ccc23)CC1. The first-order chi connectivity index (χ1) is 13.2. The molecule has 27 heavy (non-hydrogen) atoms. The van der Waals surface area contributed by atoms with Gasteiger partial charge in [0.05, 0.1) is 11.4 Å². The number of benzene rings is 2. The summed E-state index contributed by atoms with van der Waals surface area (Å²) in [5.74, 6) is 0.364. The minimum Gasteiger partial charge on any atom is -0.506 e. The van der Waals surface area contributed by atoms with Crippen molar-refractivity contribution in [2.45, 2.75) is 25.2 Å². The van der Waals surface area contributed by atoms with Gasteiger partial charge in [-0.2, -0.15) is 0 Å². The van der Waals surface area contributed by atoms with E-state index in [4.69, 9.17) is 4.52 Å². The molecule has 6 heteroatoms. The van der Waals surface area contributed by atoms with E-state index in [-0.39, 0.29) is 11.6 Å². The highest BCUT2D eigenvalue weighted by Crippen LogP contribution is 2.32. The molecule has 3 aromatic rings. The quantitative estimate of drug-likeness (QED) is 0.499. The van der Waals surface area contributed by atoms with Crippen LogP contribution < -0.4 is 5.32 Å². The first kappa shape index (κ1) is 17.8. The summed E-state index contributed by atoms with van der Waals surface area (Å²) in [7, 11) is 0. The van der Waals surface area contributed by atoms with E-state index >= 15 is 0 Å². The zero-order chi connectivity index (χ0) is 18.6. The topological polar surface area (TPSA) is 61.5 Å². The summed E-state index contributed by atoms with van der Waals surface area (Å²) in [6, 6.07) is 11.9. The number of para-hydroxylation sites is 2. The van der Waals surface area contributed by atoms with Crippen LogP contribution in [0.2, 0.25) is 0 Å². The Labute approximate surface area is 157 Å². The highest BCUT2D eigenvalue weighted by molar-refractivity contribution is 5.79. The normalized spacial score (nSPS) is 16.0. The van der Waals surface area contributed by atoms with Gasteiger partial charge in [0.15, 0.2) is 5.58 Å². The Morgan fingerprint density at radius 1 is 1.19 bits per heavy atom. The Morgan fingerprint density at radius 3 is 2.81 bits per heavy atom. The smallest absolute Gasteiger partial charge is 0.170 e. The molecular formula is C21H24FN3O2. The molecule has 2 heterocycles. The van der Waals surface area contributed by atoms with Crippen molar-refractivity contribution in [3.63, 3.8) is 0 Å². The molecule has 1 aliphatic rings. The summed E-state index contributed by atoms with van der Waals surface area (Å²) in [5, 5.41) is 18.2. The van der Waals surface area contributed by atoms with E-state index in [0.29, 0.717) is 11.5 Å². The molecule has 0 bridgehead atoms. The summed E-state index contributed by atoms with van der Waals surface area (Å²) >= 11 is 0. The largest absolute Gasteiger partial charge is 0.506 e. The maximum atomic E-state index is 13.3. The molecule has 142 valence electrons. The number of rotatable bonds is 6. The van der Waals surface area contributed by atoms with Crippen molar-refractivity contribution in [3.05, 3.63) is 54.0 Å². The van der Waals surface area contributed by atoms with Crippen LogP contribution in [0.3, 0.4) is 0 Å². The second-order valence-electron chi connectivity index (χ2n) is 7.12. The van der Waals surface area contributed by atoms with E-state index < -0.39 is 0 Å². The van der Waals surface area contributed by atoms with Gasteiger partial charge in [-0.15, -0.1) is 0 Å². The Morgan fingerprint density at radius 2 is 2.00 bits per heavy atom. The van der Waals surface area contributed by atoms with E-state index in [1.807, 2.05) is 18.2 Å². The Bertz CT molecular complexity index is 903. The molecule has 2 aromatic carbocycles. The van der Waals surface area contributed by atoms with E-state index in [1.54, 1.807) is 12.1 Å². The van der Waals surface area contributed by atoms with Gasteiger partial charge in [0.2, 0.25) is 0 Å². The summed E-state index contributed by atoms with van der Waals surface area (Å²) < 4.78 is 18.6. The summed E-state index contributed by atoms with van der Waals surface area (Å²) in [6.07, 6.45) is 3.09. The van der Waals surface area contributed by atoms with Crippen LogP contribution in [0, 0.1) is 5.82 Å². The molecule has 0 spiro atoms. The van der Waals surface area contributed by atoms with Crippen molar-refractivity contribution < 1.29 is 14.0 Å². The van der Waals surface area contributed by atoms with Crippen LogP contribution in [0.15, 0.2) is 47.0 Å². The second-order valence-corrected chi connectivity index (χ2v) is 7.12. The van der Waals surface area contributed by atoms with Crippen molar-refractivity contribution in [3.8, 4) is 5.75 Å². The standard InChI is InChI=1S/C21H24FN3O2/c22-16-6-7-17-20(14-16)27-24-21(17)15-8-12-25(13-9-15)11-3-10-23-18-4-1-2-5-19(18)26/h1-2,4-7,14-15,23,26H,3,8-13H2.